The molecule has 1 aliphatic rings. The van der Waals surface area contributed by atoms with Gasteiger partial charge in [0.25, 0.3) is 0 Å². The van der Waals surface area contributed by atoms with Crippen molar-refractivity contribution in [3.63, 3.8) is 0 Å². The van der Waals surface area contributed by atoms with E-state index in [0.717, 1.165) is 25.2 Å². The van der Waals surface area contributed by atoms with Gasteiger partial charge in [-0.2, -0.15) is 0 Å². The third-order valence-corrected chi connectivity index (χ3v) is 4.12. The van der Waals surface area contributed by atoms with Crippen LogP contribution in [0.25, 0.3) is 0 Å². The van der Waals surface area contributed by atoms with Crippen molar-refractivity contribution in [2.24, 2.45) is 7.05 Å². The molecule has 0 saturated heterocycles. The average molecular weight is 256 g/mol. The summed E-state index contributed by atoms with van der Waals surface area (Å²) >= 11 is 0. The normalized spacial score (nSPS) is 18.3. The van der Waals surface area contributed by atoms with Crippen molar-refractivity contribution in [1.29, 1.82) is 0 Å². The monoisotopic (exact) mass is 256 g/mol. The molecule has 1 aromatic carbocycles. The molecule has 0 amide bonds. The molecule has 0 saturated carbocycles. The molecule has 0 bridgehead atoms. The first-order valence-electron chi connectivity index (χ1n) is 6.76. The van der Waals surface area contributed by atoms with Gasteiger partial charge >= 0.3 is 0 Å². The zero-order valence-electron chi connectivity index (χ0n) is 11.8. The van der Waals surface area contributed by atoms with Crippen molar-refractivity contribution in [2.75, 3.05) is 6.54 Å². The molecular formula is C15H20N4. The van der Waals surface area contributed by atoms with Gasteiger partial charge in [-0.05, 0) is 31.4 Å². The molecule has 0 fully saturated rings. The summed E-state index contributed by atoms with van der Waals surface area (Å²) in [4.78, 5) is 2.49. The molecular weight excluding hydrogens is 236 g/mol. The van der Waals surface area contributed by atoms with E-state index in [1.165, 1.54) is 11.1 Å². The number of aromatic nitrogens is 3. The van der Waals surface area contributed by atoms with E-state index in [1.54, 1.807) is 4.68 Å². The van der Waals surface area contributed by atoms with E-state index in [2.05, 4.69) is 53.3 Å². The molecule has 0 radical (unpaired) electrons. The maximum absolute atomic E-state index is 4.20. The van der Waals surface area contributed by atoms with Gasteiger partial charge in [-0.3, -0.25) is 9.58 Å². The Morgan fingerprint density at radius 1 is 1.26 bits per heavy atom. The largest absolute Gasteiger partial charge is 0.288 e. The molecule has 0 spiro atoms. The van der Waals surface area contributed by atoms with E-state index in [4.69, 9.17) is 0 Å². The van der Waals surface area contributed by atoms with Gasteiger partial charge in [0.2, 0.25) is 0 Å². The van der Waals surface area contributed by atoms with Crippen LogP contribution in [0.4, 0.5) is 0 Å². The van der Waals surface area contributed by atoms with Gasteiger partial charge < -0.3 is 0 Å². The molecule has 1 aromatic heterocycles. The minimum Gasteiger partial charge on any atom is -0.288 e. The lowest BCUT2D eigenvalue weighted by molar-refractivity contribution is 0.0967. The summed E-state index contributed by atoms with van der Waals surface area (Å²) in [6.07, 6.45) is 3.11. The Labute approximate surface area is 114 Å². The number of benzene rings is 1. The highest BCUT2D eigenvalue weighted by Gasteiger charge is 2.34. The lowest BCUT2D eigenvalue weighted by atomic mass is 9.83. The van der Waals surface area contributed by atoms with Gasteiger partial charge in [0.1, 0.15) is 0 Å². The van der Waals surface area contributed by atoms with Gasteiger partial charge in [-0.25, -0.2) is 0 Å². The zero-order chi connectivity index (χ0) is 13.5. The van der Waals surface area contributed by atoms with Gasteiger partial charge in [-0.1, -0.05) is 29.5 Å². The Hall–Kier alpha value is -1.68. The molecule has 4 nitrogen and oxygen atoms in total. The van der Waals surface area contributed by atoms with Gasteiger partial charge in [0, 0.05) is 31.9 Å². The minimum absolute atomic E-state index is 0.0480. The fourth-order valence-electron chi connectivity index (χ4n) is 2.98. The van der Waals surface area contributed by atoms with Gasteiger partial charge in [-0.15, -0.1) is 5.10 Å². The van der Waals surface area contributed by atoms with E-state index >= 15 is 0 Å². The van der Waals surface area contributed by atoms with Crippen LogP contribution in [0.1, 0.15) is 30.7 Å². The summed E-state index contributed by atoms with van der Waals surface area (Å²) in [6, 6.07) is 8.76. The highest BCUT2D eigenvalue weighted by molar-refractivity contribution is 5.35. The number of hydrogen-bond donors (Lipinski definition) is 0. The number of aryl methyl sites for hydroxylation is 1. The van der Waals surface area contributed by atoms with Crippen LogP contribution in [0.5, 0.6) is 0 Å². The minimum atomic E-state index is 0.0480. The molecule has 100 valence electrons. The number of nitrogens with zero attached hydrogens (tertiary/aromatic N) is 4. The second-order valence-corrected chi connectivity index (χ2v) is 5.77. The lowest BCUT2D eigenvalue weighted by Gasteiger charge is -2.43. The van der Waals surface area contributed by atoms with Crippen molar-refractivity contribution in [1.82, 2.24) is 19.9 Å². The Kier molecular flexibility index (Phi) is 2.90. The molecule has 0 atom stereocenters. The van der Waals surface area contributed by atoms with E-state index in [0.29, 0.717) is 0 Å². The molecule has 1 aliphatic heterocycles. The van der Waals surface area contributed by atoms with Crippen LogP contribution in [-0.2, 0) is 25.6 Å². The van der Waals surface area contributed by atoms with Crippen LogP contribution in [-0.4, -0.2) is 26.4 Å². The summed E-state index contributed by atoms with van der Waals surface area (Å²) in [5, 5.41) is 8.22. The predicted octanol–water partition coefficient (Wildman–Crippen LogP) is 2.11. The highest BCUT2D eigenvalue weighted by atomic mass is 15.4. The van der Waals surface area contributed by atoms with Crippen LogP contribution >= 0.6 is 0 Å². The van der Waals surface area contributed by atoms with Crippen molar-refractivity contribution >= 4 is 0 Å². The van der Waals surface area contributed by atoms with Crippen molar-refractivity contribution in [2.45, 2.75) is 32.4 Å². The molecule has 3 rings (SSSR count). The fraction of sp³-hybridized carbons (Fsp3) is 0.467. The molecule has 2 heterocycles. The van der Waals surface area contributed by atoms with Crippen molar-refractivity contribution in [3.05, 3.63) is 47.3 Å². The van der Waals surface area contributed by atoms with Gasteiger partial charge in [0.15, 0.2) is 0 Å². The third kappa shape index (κ3) is 2.16. The zero-order valence-corrected chi connectivity index (χ0v) is 11.8. The van der Waals surface area contributed by atoms with Crippen molar-refractivity contribution in [3.8, 4) is 0 Å². The smallest absolute Gasteiger partial charge is 0.0967 e. The number of rotatable bonds is 2. The predicted molar refractivity (Wildman–Crippen MR) is 74.6 cm³/mol. The Bertz CT molecular complexity index is 585. The summed E-state index contributed by atoms with van der Waals surface area (Å²) in [7, 11) is 1.91. The molecule has 2 aromatic rings. The van der Waals surface area contributed by atoms with Crippen LogP contribution in [0.15, 0.2) is 30.5 Å². The van der Waals surface area contributed by atoms with Crippen LogP contribution in [0, 0.1) is 0 Å². The molecule has 4 heteroatoms. The first-order chi connectivity index (χ1) is 9.07. The Balaban J connectivity index is 1.89. The number of hydrogen-bond acceptors (Lipinski definition) is 3. The highest BCUT2D eigenvalue weighted by Crippen LogP contribution is 2.35. The number of fused-ring (bicyclic) bond motifs is 1. The van der Waals surface area contributed by atoms with E-state index in [9.17, 15) is 0 Å². The maximum Gasteiger partial charge on any atom is 0.0967 e. The summed E-state index contributed by atoms with van der Waals surface area (Å²) in [5.74, 6) is 0. The third-order valence-electron chi connectivity index (χ3n) is 4.12. The van der Waals surface area contributed by atoms with Crippen molar-refractivity contribution < 1.29 is 0 Å². The van der Waals surface area contributed by atoms with E-state index in [-0.39, 0.29) is 5.54 Å². The fourth-order valence-corrected chi connectivity index (χ4v) is 2.98. The second kappa shape index (κ2) is 4.46. The average Bonchev–Trinajstić information content (AvgIpc) is 2.79. The summed E-state index contributed by atoms with van der Waals surface area (Å²) in [5.41, 5.74) is 4.00. The van der Waals surface area contributed by atoms with Crippen LogP contribution in [0.3, 0.4) is 0 Å². The standard InChI is InChI=1S/C15H20N4/c1-15(2)14-7-5-4-6-12(14)8-9-19(15)11-13-10-18(3)17-16-13/h4-7,10H,8-9,11H2,1-3H3. The first kappa shape index (κ1) is 12.4. The molecule has 19 heavy (non-hydrogen) atoms. The quantitative estimate of drug-likeness (QED) is 0.825. The van der Waals surface area contributed by atoms with Gasteiger partial charge in [0.05, 0.1) is 5.69 Å². The maximum atomic E-state index is 4.20. The Morgan fingerprint density at radius 3 is 2.79 bits per heavy atom. The second-order valence-electron chi connectivity index (χ2n) is 5.77. The molecule has 0 N–H and O–H groups in total. The lowest BCUT2D eigenvalue weighted by Crippen LogP contribution is -2.46. The topological polar surface area (TPSA) is 34.0 Å². The van der Waals surface area contributed by atoms with Crippen LogP contribution in [0.2, 0.25) is 0 Å². The Morgan fingerprint density at radius 2 is 2.05 bits per heavy atom. The van der Waals surface area contributed by atoms with E-state index < -0.39 is 0 Å². The molecule has 0 aliphatic carbocycles. The van der Waals surface area contributed by atoms with Crippen LogP contribution < -0.4 is 0 Å². The first-order valence-corrected chi connectivity index (χ1v) is 6.76. The summed E-state index contributed by atoms with van der Waals surface area (Å²) in [6.45, 7) is 6.51. The summed E-state index contributed by atoms with van der Waals surface area (Å²) < 4.78 is 1.76. The SMILES string of the molecule is Cn1cc(CN2CCc3ccccc3C2(C)C)nn1. The van der Waals surface area contributed by atoms with E-state index in [1.807, 2.05) is 13.2 Å². The molecule has 0 unspecified atom stereocenters.